The van der Waals surface area contributed by atoms with Crippen LogP contribution in [0, 0.1) is 0 Å². The van der Waals surface area contributed by atoms with Gasteiger partial charge in [0.15, 0.2) is 6.23 Å². The van der Waals surface area contributed by atoms with E-state index in [0.717, 1.165) is 6.42 Å². The predicted molar refractivity (Wildman–Crippen MR) is 73.8 cm³/mol. The zero-order chi connectivity index (χ0) is 15.6. The molecule has 0 aromatic carbocycles. The minimum atomic E-state index is -1.54. The van der Waals surface area contributed by atoms with Gasteiger partial charge in [-0.2, -0.15) is 5.06 Å². The van der Waals surface area contributed by atoms with E-state index in [-0.39, 0.29) is 11.5 Å². The van der Waals surface area contributed by atoms with E-state index in [4.69, 9.17) is 14.3 Å². The topological polar surface area (TPSA) is 82.1 Å². The van der Waals surface area contributed by atoms with Gasteiger partial charge in [-0.3, -0.25) is 9.00 Å². The van der Waals surface area contributed by atoms with Crippen molar-refractivity contribution in [2.24, 2.45) is 0 Å². The number of hydrogen-bond acceptors (Lipinski definition) is 7. The second-order valence-electron chi connectivity index (χ2n) is 4.78. The van der Waals surface area contributed by atoms with Gasteiger partial charge in [0.2, 0.25) is 0 Å². The average Bonchev–Trinajstić information content (AvgIpc) is 2.44. The first-order valence-corrected chi connectivity index (χ1v) is 8.06. The molecule has 0 unspecified atom stereocenters. The predicted octanol–water partition coefficient (Wildman–Crippen LogP) is 0.828. The molecule has 7 nitrogen and oxygen atoms in total. The third-order valence-corrected chi connectivity index (χ3v) is 5.18. The van der Waals surface area contributed by atoms with E-state index >= 15 is 0 Å². The molecule has 0 aliphatic carbocycles. The number of ether oxygens (including phenoxy) is 2. The van der Waals surface area contributed by atoms with Crippen molar-refractivity contribution in [2.45, 2.75) is 45.1 Å². The van der Waals surface area contributed by atoms with E-state index in [1.807, 2.05) is 0 Å². The number of fused-ring (bicyclic) bond motifs is 1. The maximum atomic E-state index is 12.6. The summed E-state index contributed by atoms with van der Waals surface area (Å²) in [5.74, 6) is -1.17. The van der Waals surface area contributed by atoms with Gasteiger partial charge in [0.05, 0.1) is 28.4 Å². The molecular formula is C13H19NO6S. The third kappa shape index (κ3) is 3.11. The molecule has 0 aromatic heterocycles. The minimum Gasteiger partial charge on any atom is -0.462 e. The Morgan fingerprint density at radius 2 is 2.19 bits per heavy atom. The highest BCUT2D eigenvalue weighted by Crippen LogP contribution is 2.35. The molecule has 2 heterocycles. The van der Waals surface area contributed by atoms with Crippen LogP contribution in [-0.2, 0) is 34.7 Å². The molecule has 8 heteroatoms. The Bertz CT molecular complexity index is 503. The molecule has 1 saturated heterocycles. The van der Waals surface area contributed by atoms with Crippen LogP contribution in [0.15, 0.2) is 10.6 Å². The summed E-state index contributed by atoms with van der Waals surface area (Å²) in [4.78, 5) is 28.5. The van der Waals surface area contributed by atoms with Gasteiger partial charge >= 0.3 is 11.9 Å². The smallest absolute Gasteiger partial charge is 0.349 e. The zero-order valence-corrected chi connectivity index (χ0v) is 13.1. The summed E-state index contributed by atoms with van der Waals surface area (Å²) in [7, 11) is -1.54. The van der Waals surface area contributed by atoms with Gasteiger partial charge in [0, 0.05) is 13.5 Å². The number of esters is 1. The summed E-state index contributed by atoms with van der Waals surface area (Å²) in [5, 5.41) is 0.834. The Labute approximate surface area is 125 Å². The molecule has 21 heavy (non-hydrogen) atoms. The van der Waals surface area contributed by atoms with Crippen molar-refractivity contribution in [2.75, 3.05) is 13.2 Å². The number of hydrogen-bond donors (Lipinski definition) is 0. The lowest BCUT2D eigenvalue weighted by Gasteiger charge is -2.42. The van der Waals surface area contributed by atoms with Crippen LogP contribution in [0.2, 0.25) is 0 Å². The first-order valence-electron chi connectivity index (χ1n) is 6.85. The molecule has 1 fully saturated rings. The fraction of sp³-hybridized carbons (Fsp3) is 0.692. The molecule has 2 rings (SSSR count). The molecule has 0 bridgehead atoms. The maximum absolute atomic E-state index is 12.6. The van der Waals surface area contributed by atoms with Gasteiger partial charge in [-0.25, -0.2) is 4.79 Å². The van der Waals surface area contributed by atoms with E-state index < -0.39 is 34.2 Å². The largest absolute Gasteiger partial charge is 0.462 e. The van der Waals surface area contributed by atoms with Crippen LogP contribution in [0.4, 0.5) is 0 Å². The first-order chi connectivity index (χ1) is 9.97. The molecule has 118 valence electrons. The van der Waals surface area contributed by atoms with Crippen LogP contribution in [0.1, 0.15) is 33.6 Å². The average molecular weight is 317 g/mol. The van der Waals surface area contributed by atoms with Crippen LogP contribution in [0.5, 0.6) is 0 Å². The Kier molecular flexibility index (Phi) is 5.00. The van der Waals surface area contributed by atoms with Crippen molar-refractivity contribution in [1.29, 1.82) is 0 Å². The summed E-state index contributed by atoms with van der Waals surface area (Å²) < 4.78 is 23.2. The van der Waals surface area contributed by atoms with Crippen molar-refractivity contribution in [3.05, 3.63) is 10.6 Å². The number of rotatable bonds is 3. The number of hydroxylamine groups is 2. The zero-order valence-electron chi connectivity index (χ0n) is 12.3. The van der Waals surface area contributed by atoms with Crippen molar-refractivity contribution in [3.63, 3.8) is 0 Å². The van der Waals surface area contributed by atoms with Crippen LogP contribution in [0.3, 0.4) is 0 Å². The lowest BCUT2D eigenvalue weighted by Crippen LogP contribution is -2.53. The van der Waals surface area contributed by atoms with E-state index in [2.05, 4.69) is 0 Å². The molecule has 2 aliphatic heterocycles. The van der Waals surface area contributed by atoms with Gasteiger partial charge in [-0.05, 0) is 26.7 Å². The van der Waals surface area contributed by atoms with Crippen LogP contribution < -0.4 is 0 Å². The second-order valence-corrected chi connectivity index (χ2v) is 6.39. The summed E-state index contributed by atoms with van der Waals surface area (Å²) in [6.07, 6.45) is 0.753. The highest BCUT2D eigenvalue weighted by Gasteiger charge is 2.46. The fourth-order valence-electron chi connectivity index (χ4n) is 2.44. The Hall–Kier alpha value is -1.41. The third-order valence-electron chi connectivity index (χ3n) is 3.29. The molecule has 0 radical (unpaired) electrons. The fourth-order valence-corrected chi connectivity index (χ4v) is 4.13. The SMILES string of the molecule is CCOC(=O)C1=C(C)N(OC(C)=O)[C@H]2OCCC[C@H]2[S@]1=O. The minimum absolute atomic E-state index is 0.0462. The van der Waals surface area contributed by atoms with Gasteiger partial charge in [-0.1, -0.05) is 0 Å². The molecule has 0 N–H and O–H groups in total. The van der Waals surface area contributed by atoms with Crippen molar-refractivity contribution in [1.82, 2.24) is 5.06 Å². The quantitative estimate of drug-likeness (QED) is 0.713. The van der Waals surface area contributed by atoms with Crippen molar-refractivity contribution < 1.29 is 28.1 Å². The number of carbonyl (C=O) groups excluding carboxylic acids is 2. The van der Waals surface area contributed by atoms with Crippen LogP contribution in [0.25, 0.3) is 0 Å². The number of allylic oxidation sites excluding steroid dienone is 1. The van der Waals surface area contributed by atoms with Gasteiger partial charge in [0.25, 0.3) is 0 Å². The van der Waals surface area contributed by atoms with Crippen molar-refractivity contribution >= 4 is 22.7 Å². The van der Waals surface area contributed by atoms with Gasteiger partial charge in [0.1, 0.15) is 4.91 Å². The van der Waals surface area contributed by atoms with E-state index in [0.29, 0.717) is 18.7 Å². The molecule has 0 aromatic rings. The Morgan fingerprint density at radius 3 is 2.81 bits per heavy atom. The number of nitrogens with zero attached hydrogens (tertiary/aromatic N) is 1. The highest BCUT2D eigenvalue weighted by molar-refractivity contribution is 7.90. The maximum Gasteiger partial charge on any atom is 0.349 e. The molecule has 2 aliphatic rings. The van der Waals surface area contributed by atoms with E-state index in [1.165, 1.54) is 12.0 Å². The van der Waals surface area contributed by atoms with Crippen LogP contribution in [-0.4, -0.2) is 45.9 Å². The van der Waals surface area contributed by atoms with Crippen molar-refractivity contribution in [3.8, 4) is 0 Å². The Balaban J connectivity index is 2.42. The highest BCUT2D eigenvalue weighted by atomic mass is 32.2. The monoisotopic (exact) mass is 317 g/mol. The van der Waals surface area contributed by atoms with Gasteiger partial charge < -0.3 is 14.3 Å². The van der Waals surface area contributed by atoms with E-state index in [9.17, 15) is 13.8 Å². The second kappa shape index (κ2) is 6.57. The summed E-state index contributed by atoms with van der Waals surface area (Å²) in [5.41, 5.74) is 0.296. The first kappa shape index (κ1) is 16.0. The number of carbonyl (C=O) groups is 2. The van der Waals surface area contributed by atoms with Crippen LogP contribution >= 0.6 is 0 Å². The molecule has 0 spiro atoms. The lowest BCUT2D eigenvalue weighted by atomic mass is 10.1. The molecule has 0 amide bonds. The molecular weight excluding hydrogens is 298 g/mol. The molecule has 3 atom stereocenters. The standard InChI is InChI=1S/C13H19NO6S/c1-4-18-13(16)11-8(2)14(20-9(3)15)12-10(21(11)17)6-5-7-19-12/h10,12H,4-7H2,1-3H3/t10-,12+,21-/m1/s1. The van der Waals surface area contributed by atoms with E-state index in [1.54, 1.807) is 13.8 Å². The Morgan fingerprint density at radius 1 is 1.48 bits per heavy atom. The normalized spacial score (nSPS) is 28.9. The summed E-state index contributed by atoms with van der Waals surface area (Å²) >= 11 is 0. The molecule has 0 saturated carbocycles. The summed E-state index contributed by atoms with van der Waals surface area (Å²) in [6.45, 7) is 5.20. The van der Waals surface area contributed by atoms with Gasteiger partial charge in [-0.15, -0.1) is 0 Å². The summed E-state index contributed by atoms with van der Waals surface area (Å²) in [6, 6.07) is 0. The lowest BCUT2D eigenvalue weighted by molar-refractivity contribution is -0.233.